The molecule has 31 heavy (non-hydrogen) atoms. The summed E-state index contributed by atoms with van der Waals surface area (Å²) >= 11 is 0. The summed E-state index contributed by atoms with van der Waals surface area (Å²) in [4.78, 5) is 37.4. The molecule has 3 N–H and O–H groups in total. The highest BCUT2D eigenvalue weighted by Gasteiger charge is 2.21. The zero-order valence-electron chi connectivity index (χ0n) is 17.6. The molecule has 3 rings (SSSR count). The average molecular weight is 425 g/mol. The zero-order valence-corrected chi connectivity index (χ0v) is 17.6. The van der Waals surface area contributed by atoms with Crippen molar-refractivity contribution in [2.45, 2.75) is 19.4 Å². The van der Waals surface area contributed by atoms with Crippen LogP contribution in [0.2, 0.25) is 0 Å². The predicted octanol–water partition coefficient (Wildman–Crippen LogP) is 2.16. The van der Waals surface area contributed by atoms with Gasteiger partial charge in [-0.15, -0.1) is 0 Å². The number of hydrogen-bond acceptors (Lipinski definition) is 5. The molecule has 164 valence electrons. The Labute approximate surface area is 182 Å². The summed E-state index contributed by atoms with van der Waals surface area (Å²) in [5, 5.41) is 7.84. The normalized spacial score (nSPS) is 16.4. The van der Waals surface area contributed by atoms with Crippen molar-refractivity contribution in [2.24, 2.45) is 0 Å². The molecule has 3 amide bonds. The second-order valence-electron chi connectivity index (χ2n) is 7.39. The summed E-state index contributed by atoms with van der Waals surface area (Å²) in [6.45, 7) is 5.00. The molecule has 2 aromatic rings. The number of carbonyl (C=O) groups excluding carboxylic acids is 3. The van der Waals surface area contributed by atoms with Crippen LogP contribution in [0.15, 0.2) is 54.6 Å². The van der Waals surface area contributed by atoms with Crippen molar-refractivity contribution < 1.29 is 19.1 Å². The first-order chi connectivity index (χ1) is 15.0. The minimum Gasteiger partial charge on any atom is -0.371 e. The molecule has 8 nitrogen and oxygen atoms in total. The van der Waals surface area contributed by atoms with Crippen molar-refractivity contribution in [1.29, 1.82) is 0 Å². The minimum atomic E-state index is -0.720. The fourth-order valence-electron chi connectivity index (χ4n) is 3.39. The Morgan fingerprint density at radius 3 is 2.32 bits per heavy atom. The van der Waals surface area contributed by atoms with E-state index in [-0.39, 0.29) is 12.0 Å². The molecule has 1 fully saturated rings. The van der Waals surface area contributed by atoms with Gasteiger partial charge in [-0.05, 0) is 36.2 Å². The van der Waals surface area contributed by atoms with Crippen LogP contribution >= 0.6 is 0 Å². The van der Waals surface area contributed by atoms with Gasteiger partial charge < -0.3 is 20.7 Å². The molecule has 0 spiro atoms. The first-order valence-electron chi connectivity index (χ1n) is 10.4. The Morgan fingerprint density at radius 1 is 0.968 bits per heavy atom. The Kier molecular flexibility index (Phi) is 8.14. The summed E-state index contributed by atoms with van der Waals surface area (Å²) in [6.07, 6.45) is 0.804. The van der Waals surface area contributed by atoms with E-state index in [2.05, 4.69) is 33.0 Å². The van der Waals surface area contributed by atoms with Crippen molar-refractivity contribution in [2.75, 3.05) is 43.4 Å². The van der Waals surface area contributed by atoms with Gasteiger partial charge in [-0.1, -0.05) is 30.3 Å². The number of morpholine rings is 1. The molecule has 1 aliphatic rings. The third-order valence-corrected chi connectivity index (χ3v) is 4.93. The van der Waals surface area contributed by atoms with Crippen LogP contribution in [0.3, 0.4) is 0 Å². The largest absolute Gasteiger partial charge is 0.371 e. The predicted molar refractivity (Wildman–Crippen MR) is 119 cm³/mol. The lowest BCUT2D eigenvalue weighted by molar-refractivity contribution is -0.136. The van der Waals surface area contributed by atoms with Crippen molar-refractivity contribution in [3.05, 3.63) is 60.2 Å². The minimum absolute atomic E-state index is 0.0624. The van der Waals surface area contributed by atoms with Gasteiger partial charge >= 0.3 is 11.8 Å². The van der Waals surface area contributed by atoms with Gasteiger partial charge in [-0.25, -0.2) is 0 Å². The Hall–Kier alpha value is -3.23. The van der Waals surface area contributed by atoms with E-state index in [0.29, 0.717) is 24.5 Å². The molecule has 1 saturated heterocycles. The molecule has 8 heteroatoms. The first kappa shape index (κ1) is 22.5. The number of rotatable bonds is 7. The summed E-state index contributed by atoms with van der Waals surface area (Å²) in [5.41, 5.74) is 2.27. The van der Waals surface area contributed by atoms with Crippen LogP contribution in [0.5, 0.6) is 0 Å². The highest BCUT2D eigenvalue weighted by Crippen LogP contribution is 2.21. The van der Waals surface area contributed by atoms with E-state index < -0.39 is 11.8 Å². The Morgan fingerprint density at radius 2 is 1.65 bits per heavy atom. The molecule has 1 aliphatic heterocycles. The number of anilines is 2. The van der Waals surface area contributed by atoms with Crippen LogP contribution in [0.4, 0.5) is 11.4 Å². The topological polar surface area (TPSA) is 99.8 Å². The van der Waals surface area contributed by atoms with Gasteiger partial charge in [-0.2, -0.15) is 0 Å². The van der Waals surface area contributed by atoms with Gasteiger partial charge in [0.1, 0.15) is 0 Å². The molecule has 0 saturated carbocycles. The van der Waals surface area contributed by atoms with Crippen molar-refractivity contribution in [3.8, 4) is 0 Å². The van der Waals surface area contributed by atoms with E-state index in [0.717, 1.165) is 26.1 Å². The summed E-state index contributed by atoms with van der Waals surface area (Å²) < 4.78 is 5.87. The Bertz CT molecular complexity index is 886. The monoisotopic (exact) mass is 424 g/mol. The maximum atomic E-state index is 12.1. The van der Waals surface area contributed by atoms with Crippen LogP contribution in [0, 0.1) is 0 Å². The second kappa shape index (κ2) is 11.2. The SMILES string of the molecule is CC(=O)Nc1ccc(NC(=O)C(=O)NCCCN2CCOC(c3ccccc3)C2)cc1. The van der Waals surface area contributed by atoms with E-state index in [1.807, 2.05) is 18.2 Å². The van der Waals surface area contributed by atoms with Crippen LogP contribution in [0.1, 0.15) is 25.0 Å². The summed E-state index contributed by atoms with van der Waals surface area (Å²) in [6, 6.07) is 16.7. The second-order valence-corrected chi connectivity index (χ2v) is 7.39. The molecule has 0 aliphatic carbocycles. The smallest absolute Gasteiger partial charge is 0.313 e. The number of nitrogens with zero attached hydrogens (tertiary/aromatic N) is 1. The van der Waals surface area contributed by atoms with Crippen LogP contribution < -0.4 is 16.0 Å². The third-order valence-electron chi connectivity index (χ3n) is 4.93. The number of amides is 3. The molecule has 2 aromatic carbocycles. The quantitative estimate of drug-likeness (QED) is 0.467. The lowest BCUT2D eigenvalue weighted by Crippen LogP contribution is -2.41. The van der Waals surface area contributed by atoms with Crippen LogP contribution in [-0.4, -0.2) is 55.4 Å². The van der Waals surface area contributed by atoms with Crippen LogP contribution in [0.25, 0.3) is 0 Å². The highest BCUT2D eigenvalue weighted by atomic mass is 16.5. The maximum absolute atomic E-state index is 12.1. The van der Waals surface area contributed by atoms with Gasteiger partial charge in [0.2, 0.25) is 5.91 Å². The molecule has 1 atom stereocenters. The first-order valence-corrected chi connectivity index (χ1v) is 10.4. The third kappa shape index (κ3) is 7.20. The van der Waals surface area contributed by atoms with Gasteiger partial charge in [0, 0.05) is 44.5 Å². The number of nitrogens with one attached hydrogen (secondary N) is 3. The van der Waals surface area contributed by atoms with Crippen molar-refractivity contribution in [3.63, 3.8) is 0 Å². The maximum Gasteiger partial charge on any atom is 0.313 e. The summed E-state index contributed by atoms with van der Waals surface area (Å²) in [5.74, 6) is -1.57. The number of carbonyl (C=O) groups is 3. The van der Waals surface area contributed by atoms with Crippen molar-refractivity contribution >= 4 is 29.1 Å². The Balaban J connectivity index is 1.36. The molecule has 1 heterocycles. The van der Waals surface area contributed by atoms with E-state index in [1.165, 1.54) is 12.5 Å². The number of benzene rings is 2. The van der Waals surface area contributed by atoms with Gasteiger partial charge in [0.25, 0.3) is 0 Å². The molecule has 0 bridgehead atoms. The number of hydrogen-bond donors (Lipinski definition) is 3. The fraction of sp³-hybridized carbons (Fsp3) is 0.348. The lowest BCUT2D eigenvalue weighted by atomic mass is 10.1. The lowest BCUT2D eigenvalue weighted by Gasteiger charge is -2.33. The number of ether oxygens (including phenoxy) is 1. The van der Waals surface area contributed by atoms with E-state index in [9.17, 15) is 14.4 Å². The van der Waals surface area contributed by atoms with Crippen LogP contribution in [-0.2, 0) is 19.1 Å². The van der Waals surface area contributed by atoms with Gasteiger partial charge in [-0.3, -0.25) is 19.3 Å². The highest BCUT2D eigenvalue weighted by molar-refractivity contribution is 6.39. The van der Waals surface area contributed by atoms with E-state index in [4.69, 9.17) is 4.74 Å². The van der Waals surface area contributed by atoms with Gasteiger partial charge in [0.05, 0.1) is 12.7 Å². The van der Waals surface area contributed by atoms with E-state index in [1.54, 1.807) is 24.3 Å². The zero-order chi connectivity index (χ0) is 22.1. The average Bonchev–Trinajstić information content (AvgIpc) is 2.78. The van der Waals surface area contributed by atoms with E-state index >= 15 is 0 Å². The standard InChI is InChI=1S/C23H28N4O4/c1-17(28)25-19-8-10-20(11-9-19)26-23(30)22(29)24-12-5-13-27-14-15-31-21(16-27)18-6-3-2-4-7-18/h2-4,6-11,21H,5,12-16H2,1H3,(H,24,29)(H,25,28)(H,26,30). The molecule has 0 radical (unpaired) electrons. The summed E-state index contributed by atoms with van der Waals surface area (Å²) in [7, 11) is 0. The molecular weight excluding hydrogens is 396 g/mol. The van der Waals surface area contributed by atoms with Gasteiger partial charge in [0.15, 0.2) is 0 Å². The molecule has 0 aromatic heterocycles. The van der Waals surface area contributed by atoms with Crippen molar-refractivity contribution in [1.82, 2.24) is 10.2 Å². The molecule has 1 unspecified atom stereocenters. The fourth-order valence-corrected chi connectivity index (χ4v) is 3.39. The molecular formula is C23H28N4O4.